The summed E-state index contributed by atoms with van der Waals surface area (Å²) in [5.74, 6) is 0. The Bertz CT molecular complexity index is 761. The number of nitro groups is 2. The van der Waals surface area contributed by atoms with Crippen LogP contribution in [0.4, 0.5) is 17.1 Å². The molecule has 0 atom stereocenters. The van der Waals surface area contributed by atoms with Gasteiger partial charge in [-0.05, 0) is 11.6 Å². The Hall–Kier alpha value is -3.33. The lowest BCUT2D eigenvalue weighted by molar-refractivity contribution is -0.393. The summed E-state index contributed by atoms with van der Waals surface area (Å²) in [6, 6.07) is 12.3. The fourth-order valence-electron chi connectivity index (χ4n) is 1.87. The van der Waals surface area contributed by atoms with Gasteiger partial charge < -0.3 is 5.73 Å². The van der Waals surface area contributed by atoms with Crippen molar-refractivity contribution in [2.75, 3.05) is 12.0 Å². The van der Waals surface area contributed by atoms with E-state index in [2.05, 4.69) is 10.5 Å². The predicted octanol–water partition coefficient (Wildman–Crippen LogP) is 2.28. The van der Waals surface area contributed by atoms with E-state index in [1.807, 2.05) is 18.2 Å². The fourth-order valence-corrected chi connectivity index (χ4v) is 1.87. The van der Waals surface area contributed by atoms with Gasteiger partial charge in [0, 0.05) is 12.6 Å². The average Bonchev–Trinajstić information content (AvgIpc) is 2.56. The van der Waals surface area contributed by atoms with Crippen LogP contribution in [0.2, 0.25) is 0 Å². The van der Waals surface area contributed by atoms with Gasteiger partial charge in [-0.1, -0.05) is 30.3 Å². The van der Waals surface area contributed by atoms with Crippen molar-refractivity contribution in [3.8, 4) is 0 Å². The van der Waals surface area contributed by atoms with Crippen LogP contribution in [-0.2, 0) is 0 Å². The minimum Gasteiger partial charge on any atom is -0.325 e. The molecule has 0 heterocycles. The van der Waals surface area contributed by atoms with Crippen LogP contribution < -0.4 is 11.2 Å². The maximum Gasteiger partial charge on any atom is 0.301 e. The third-order valence-corrected chi connectivity index (χ3v) is 3.00. The maximum atomic E-state index is 11.1. The summed E-state index contributed by atoms with van der Waals surface area (Å²) in [6.07, 6.45) is 0. The summed E-state index contributed by atoms with van der Waals surface area (Å²) < 4.78 is 0. The van der Waals surface area contributed by atoms with Crippen LogP contribution in [0.3, 0.4) is 0 Å². The van der Waals surface area contributed by atoms with Gasteiger partial charge in [0.2, 0.25) is 0 Å². The van der Waals surface area contributed by atoms with E-state index in [1.54, 1.807) is 12.1 Å². The highest BCUT2D eigenvalue weighted by atomic mass is 16.6. The third kappa shape index (κ3) is 3.86. The number of nitrogens with two attached hydrogens (primary N) is 1. The monoisotopic (exact) mass is 315 g/mol. The summed E-state index contributed by atoms with van der Waals surface area (Å²) >= 11 is 0. The van der Waals surface area contributed by atoms with E-state index in [-0.39, 0.29) is 17.9 Å². The molecule has 2 aromatic carbocycles. The number of benzene rings is 2. The van der Waals surface area contributed by atoms with Gasteiger partial charge >= 0.3 is 5.69 Å². The van der Waals surface area contributed by atoms with Crippen molar-refractivity contribution < 1.29 is 9.85 Å². The van der Waals surface area contributed by atoms with Gasteiger partial charge in [-0.25, -0.2) is 0 Å². The normalized spacial score (nSPS) is 11.1. The summed E-state index contributed by atoms with van der Waals surface area (Å²) in [4.78, 5) is 20.3. The smallest absolute Gasteiger partial charge is 0.301 e. The second-order valence-electron chi connectivity index (χ2n) is 4.46. The number of nitrogens with zero attached hydrogens (tertiary/aromatic N) is 3. The second-order valence-corrected chi connectivity index (χ2v) is 4.46. The molecule has 0 aliphatic carbocycles. The van der Waals surface area contributed by atoms with E-state index < -0.39 is 15.5 Å². The molecule has 2 rings (SSSR count). The molecule has 0 aromatic heterocycles. The molecule has 0 bridgehead atoms. The molecule has 0 aliphatic heterocycles. The largest absolute Gasteiger partial charge is 0.325 e. The van der Waals surface area contributed by atoms with E-state index in [4.69, 9.17) is 5.73 Å². The van der Waals surface area contributed by atoms with Crippen molar-refractivity contribution in [1.29, 1.82) is 0 Å². The van der Waals surface area contributed by atoms with Crippen molar-refractivity contribution in [1.82, 2.24) is 0 Å². The Morgan fingerprint density at radius 2 is 1.78 bits per heavy atom. The highest BCUT2D eigenvalue weighted by molar-refractivity contribution is 6.02. The predicted molar refractivity (Wildman–Crippen MR) is 85.4 cm³/mol. The lowest BCUT2D eigenvalue weighted by Gasteiger charge is -2.06. The minimum absolute atomic E-state index is 0.0440. The van der Waals surface area contributed by atoms with Gasteiger partial charge in [-0.2, -0.15) is 5.10 Å². The molecule has 0 fully saturated rings. The van der Waals surface area contributed by atoms with E-state index in [1.165, 1.54) is 6.07 Å². The molecule has 0 aliphatic rings. The summed E-state index contributed by atoms with van der Waals surface area (Å²) in [6.45, 7) is 0.123. The first kappa shape index (κ1) is 16.0. The Morgan fingerprint density at radius 3 is 2.35 bits per heavy atom. The molecule has 0 saturated carbocycles. The molecule has 0 radical (unpaired) electrons. The molecule has 0 unspecified atom stereocenters. The SMILES string of the molecule is NCC(=NNc1ccc([N+](=O)[O-])cc1[N+](=O)[O-])c1ccccc1. The zero-order valence-electron chi connectivity index (χ0n) is 11.9. The molecule has 0 spiro atoms. The van der Waals surface area contributed by atoms with Gasteiger partial charge in [-0.15, -0.1) is 0 Å². The van der Waals surface area contributed by atoms with Crippen LogP contribution in [0.15, 0.2) is 53.6 Å². The minimum atomic E-state index is -0.713. The molecular weight excluding hydrogens is 302 g/mol. The van der Waals surface area contributed by atoms with Gasteiger partial charge in [0.1, 0.15) is 5.69 Å². The Kier molecular flexibility index (Phi) is 4.95. The number of non-ortho nitro benzene ring substituents is 1. The molecule has 23 heavy (non-hydrogen) atoms. The molecule has 0 saturated heterocycles. The number of hydrogen-bond acceptors (Lipinski definition) is 7. The van der Waals surface area contributed by atoms with Gasteiger partial charge in [0.15, 0.2) is 0 Å². The quantitative estimate of drug-likeness (QED) is 0.476. The number of hydrogen-bond donors (Lipinski definition) is 2. The lowest BCUT2D eigenvalue weighted by Crippen LogP contribution is -2.16. The zero-order chi connectivity index (χ0) is 16.8. The van der Waals surface area contributed by atoms with Crippen molar-refractivity contribution in [2.45, 2.75) is 0 Å². The summed E-state index contributed by atoms with van der Waals surface area (Å²) in [7, 11) is 0. The van der Waals surface area contributed by atoms with E-state index in [0.717, 1.165) is 17.7 Å². The van der Waals surface area contributed by atoms with Gasteiger partial charge in [0.25, 0.3) is 5.69 Å². The Balaban J connectivity index is 2.33. The molecule has 3 N–H and O–H groups in total. The standard InChI is InChI=1S/C14H13N5O4/c15-9-13(10-4-2-1-3-5-10)17-16-12-7-6-11(18(20)21)8-14(12)19(22)23/h1-8,16H,9,15H2. The zero-order valence-corrected chi connectivity index (χ0v) is 11.9. The maximum absolute atomic E-state index is 11.1. The highest BCUT2D eigenvalue weighted by Gasteiger charge is 2.19. The molecular formula is C14H13N5O4. The number of anilines is 1. The lowest BCUT2D eigenvalue weighted by atomic mass is 10.1. The van der Waals surface area contributed by atoms with Crippen LogP contribution in [-0.4, -0.2) is 22.1 Å². The third-order valence-electron chi connectivity index (χ3n) is 3.00. The van der Waals surface area contributed by atoms with Gasteiger partial charge in [0.05, 0.1) is 21.6 Å². The second kappa shape index (κ2) is 7.09. The van der Waals surface area contributed by atoms with Crippen LogP contribution in [0.25, 0.3) is 0 Å². The van der Waals surface area contributed by atoms with Crippen LogP contribution in [0, 0.1) is 20.2 Å². The van der Waals surface area contributed by atoms with Crippen LogP contribution in [0.1, 0.15) is 5.56 Å². The van der Waals surface area contributed by atoms with Crippen LogP contribution >= 0.6 is 0 Å². The van der Waals surface area contributed by atoms with Crippen molar-refractivity contribution in [3.63, 3.8) is 0 Å². The number of rotatable bonds is 6. The van der Waals surface area contributed by atoms with Crippen molar-refractivity contribution in [2.24, 2.45) is 10.8 Å². The van der Waals surface area contributed by atoms with Crippen molar-refractivity contribution in [3.05, 3.63) is 74.3 Å². The summed E-state index contributed by atoms with van der Waals surface area (Å²) in [5.41, 5.74) is 8.70. The highest BCUT2D eigenvalue weighted by Crippen LogP contribution is 2.28. The fraction of sp³-hybridized carbons (Fsp3) is 0.0714. The van der Waals surface area contributed by atoms with Gasteiger partial charge in [-0.3, -0.25) is 25.7 Å². The van der Waals surface area contributed by atoms with E-state index >= 15 is 0 Å². The first-order valence-corrected chi connectivity index (χ1v) is 6.54. The molecule has 9 heteroatoms. The summed E-state index contributed by atoms with van der Waals surface area (Å²) in [5, 5.41) is 25.8. The average molecular weight is 315 g/mol. The first-order valence-electron chi connectivity index (χ1n) is 6.54. The van der Waals surface area contributed by atoms with E-state index in [0.29, 0.717) is 5.71 Å². The Labute approximate surface area is 130 Å². The Morgan fingerprint density at radius 1 is 1.09 bits per heavy atom. The van der Waals surface area contributed by atoms with Crippen molar-refractivity contribution >= 4 is 22.8 Å². The number of hydrazone groups is 1. The van der Waals surface area contributed by atoms with E-state index in [9.17, 15) is 20.2 Å². The molecule has 9 nitrogen and oxygen atoms in total. The van der Waals surface area contributed by atoms with Crippen LogP contribution in [0.5, 0.6) is 0 Å². The first-order chi connectivity index (χ1) is 11.0. The number of nitro benzene ring substituents is 2. The topological polar surface area (TPSA) is 137 Å². The molecule has 0 amide bonds. The number of nitrogens with one attached hydrogen (secondary N) is 1. The molecule has 118 valence electrons. The molecule has 2 aromatic rings.